The van der Waals surface area contributed by atoms with Crippen molar-refractivity contribution < 1.29 is 0 Å². The predicted molar refractivity (Wildman–Crippen MR) is 186 cm³/mol. The van der Waals surface area contributed by atoms with E-state index in [0.717, 1.165) is 0 Å². The van der Waals surface area contributed by atoms with Crippen molar-refractivity contribution in [1.82, 2.24) is 4.57 Å². The molecule has 0 spiro atoms. The fourth-order valence-electron chi connectivity index (χ4n) is 7.99. The molecule has 0 amide bonds. The highest BCUT2D eigenvalue weighted by Gasteiger charge is 2.29. The van der Waals surface area contributed by atoms with Gasteiger partial charge in [0.2, 0.25) is 0 Å². The van der Waals surface area contributed by atoms with Gasteiger partial charge in [-0.25, -0.2) is 0 Å². The first-order valence-corrected chi connectivity index (χ1v) is 15.4. The standard InChI is InChI=1S/C43H27N/c1-2-13-28-26-40-39(25-27(28)12-1)42-37-22-9-5-18-33(37)34-19-6-10-23-38(34)43(42)44(40)30-15-11-14-29(24-30)41-35-20-7-3-16-31(35)32-17-4-8-21-36(32)41/h1-26,41H. The second-order valence-electron chi connectivity index (χ2n) is 12.1. The maximum Gasteiger partial charge on any atom is 0.0625 e. The topological polar surface area (TPSA) is 4.93 Å². The maximum atomic E-state index is 2.53. The van der Waals surface area contributed by atoms with Crippen LogP contribution in [-0.4, -0.2) is 4.57 Å². The Kier molecular flexibility index (Phi) is 4.84. The molecule has 8 aromatic carbocycles. The van der Waals surface area contributed by atoms with Crippen molar-refractivity contribution in [3.05, 3.63) is 174 Å². The minimum Gasteiger partial charge on any atom is -0.309 e. The first-order chi connectivity index (χ1) is 21.8. The highest BCUT2D eigenvalue weighted by atomic mass is 15.0. The van der Waals surface area contributed by atoms with Gasteiger partial charge in [-0.05, 0) is 79.0 Å². The fourth-order valence-corrected chi connectivity index (χ4v) is 7.99. The molecule has 0 bridgehead atoms. The van der Waals surface area contributed by atoms with E-state index in [2.05, 4.69) is 162 Å². The molecule has 0 atom stereocenters. The van der Waals surface area contributed by atoms with E-state index in [1.807, 2.05) is 0 Å². The van der Waals surface area contributed by atoms with Gasteiger partial charge in [0.15, 0.2) is 0 Å². The Hall–Kier alpha value is -5.66. The normalized spacial score (nSPS) is 12.9. The number of benzene rings is 8. The minimum absolute atomic E-state index is 0.203. The summed E-state index contributed by atoms with van der Waals surface area (Å²) in [6.07, 6.45) is 0. The van der Waals surface area contributed by atoms with Gasteiger partial charge < -0.3 is 4.57 Å². The van der Waals surface area contributed by atoms with E-state index in [0.29, 0.717) is 0 Å². The quantitative estimate of drug-likeness (QED) is 0.186. The zero-order valence-corrected chi connectivity index (χ0v) is 24.0. The van der Waals surface area contributed by atoms with Gasteiger partial charge in [-0.2, -0.15) is 0 Å². The Morgan fingerprint density at radius 3 is 1.70 bits per heavy atom. The molecule has 0 aliphatic heterocycles. The summed E-state index contributed by atoms with van der Waals surface area (Å²) >= 11 is 0. The molecule has 1 aliphatic rings. The third kappa shape index (κ3) is 3.19. The third-order valence-electron chi connectivity index (χ3n) is 9.80. The van der Waals surface area contributed by atoms with Crippen LogP contribution in [0.2, 0.25) is 0 Å². The number of hydrogen-bond donors (Lipinski definition) is 0. The summed E-state index contributed by atoms with van der Waals surface area (Å²) < 4.78 is 2.53. The molecule has 0 saturated heterocycles. The maximum absolute atomic E-state index is 2.53. The van der Waals surface area contributed by atoms with Gasteiger partial charge >= 0.3 is 0 Å². The monoisotopic (exact) mass is 557 g/mol. The van der Waals surface area contributed by atoms with Crippen LogP contribution in [0.4, 0.5) is 0 Å². The number of aromatic nitrogens is 1. The van der Waals surface area contributed by atoms with Crippen LogP contribution in [0, 0.1) is 0 Å². The van der Waals surface area contributed by atoms with Crippen molar-refractivity contribution >= 4 is 54.1 Å². The van der Waals surface area contributed by atoms with Crippen molar-refractivity contribution in [2.75, 3.05) is 0 Å². The molecule has 0 saturated carbocycles. The summed E-state index contributed by atoms with van der Waals surface area (Å²) in [5.74, 6) is 0.203. The molecule has 1 aliphatic carbocycles. The van der Waals surface area contributed by atoms with Gasteiger partial charge in [0, 0.05) is 27.8 Å². The van der Waals surface area contributed by atoms with Gasteiger partial charge in [0.25, 0.3) is 0 Å². The van der Waals surface area contributed by atoms with Gasteiger partial charge in [-0.1, -0.05) is 133 Å². The number of rotatable bonds is 2. The molecular weight excluding hydrogens is 530 g/mol. The summed E-state index contributed by atoms with van der Waals surface area (Å²) in [6, 6.07) is 58.5. The Morgan fingerprint density at radius 1 is 0.409 bits per heavy atom. The highest BCUT2D eigenvalue weighted by molar-refractivity contribution is 6.32. The molecule has 0 N–H and O–H groups in total. The van der Waals surface area contributed by atoms with E-state index in [9.17, 15) is 0 Å². The van der Waals surface area contributed by atoms with Gasteiger partial charge in [-0.15, -0.1) is 0 Å². The smallest absolute Gasteiger partial charge is 0.0625 e. The van der Waals surface area contributed by atoms with E-state index in [4.69, 9.17) is 0 Å². The average molecular weight is 558 g/mol. The fraction of sp³-hybridized carbons (Fsp3) is 0.0233. The van der Waals surface area contributed by atoms with E-state index >= 15 is 0 Å². The van der Waals surface area contributed by atoms with Crippen molar-refractivity contribution in [1.29, 1.82) is 0 Å². The van der Waals surface area contributed by atoms with Crippen LogP contribution in [0.25, 0.3) is 70.9 Å². The number of nitrogens with zero attached hydrogens (tertiary/aromatic N) is 1. The zero-order valence-electron chi connectivity index (χ0n) is 24.0. The summed E-state index contributed by atoms with van der Waals surface area (Å²) in [4.78, 5) is 0. The second-order valence-corrected chi connectivity index (χ2v) is 12.1. The Labute approximate surface area is 255 Å². The molecule has 1 aromatic heterocycles. The van der Waals surface area contributed by atoms with Crippen LogP contribution in [-0.2, 0) is 0 Å². The van der Waals surface area contributed by atoms with Gasteiger partial charge in [0.05, 0.1) is 11.0 Å². The summed E-state index contributed by atoms with van der Waals surface area (Å²) in [7, 11) is 0. The Balaban J connectivity index is 1.35. The highest BCUT2D eigenvalue weighted by Crippen LogP contribution is 2.49. The van der Waals surface area contributed by atoms with Gasteiger partial charge in [-0.3, -0.25) is 0 Å². The predicted octanol–water partition coefficient (Wildman–Crippen LogP) is 11.4. The molecule has 0 unspecified atom stereocenters. The first-order valence-electron chi connectivity index (χ1n) is 15.4. The Bertz CT molecular complexity index is 2570. The van der Waals surface area contributed by atoms with Gasteiger partial charge in [0.1, 0.15) is 0 Å². The molecular formula is C43H27N. The lowest BCUT2D eigenvalue weighted by Crippen LogP contribution is -2.02. The second kappa shape index (κ2) is 8.92. The number of hydrogen-bond acceptors (Lipinski definition) is 0. The Morgan fingerprint density at radius 2 is 0.977 bits per heavy atom. The van der Waals surface area contributed by atoms with Crippen LogP contribution >= 0.6 is 0 Å². The molecule has 1 nitrogen and oxygen atoms in total. The number of fused-ring (bicyclic) bond motifs is 12. The van der Waals surface area contributed by atoms with E-state index < -0.39 is 0 Å². The largest absolute Gasteiger partial charge is 0.309 e. The van der Waals surface area contributed by atoms with Crippen LogP contribution in [0.15, 0.2) is 158 Å². The third-order valence-corrected chi connectivity index (χ3v) is 9.80. The van der Waals surface area contributed by atoms with E-state index in [-0.39, 0.29) is 5.92 Å². The molecule has 44 heavy (non-hydrogen) atoms. The van der Waals surface area contributed by atoms with E-state index in [1.54, 1.807) is 0 Å². The van der Waals surface area contributed by atoms with Crippen molar-refractivity contribution in [2.45, 2.75) is 5.92 Å². The average Bonchev–Trinajstić information content (AvgIpc) is 3.61. The van der Waals surface area contributed by atoms with Crippen molar-refractivity contribution in [3.63, 3.8) is 0 Å². The van der Waals surface area contributed by atoms with E-state index in [1.165, 1.54) is 87.6 Å². The molecule has 9 aromatic rings. The SMILES string of the molecule is c1cc(C2c3ccccc3-c3ccccc32)cc(-n2c3cc4ccccc4cc3c3c4ccccc4c4ccccc4c32)c1. The first kappa shape index (κ1) is 23.9. The lowest BCUT2D eigenvalue weighted by molar-refractivity contribution is 1.01. The summed E-state index contributed by atoms with van der Waals surface area (Å²) in [5.41, 5.74) is 10.5. The summed E-state index contributed by atoms with van der Waals surface area (Å²) in [6.45, 7) is 0. The summed E-state index contributed by atoms with van der Waals surface area (Å²) in [5, 5.41) is 10.3. The molecule has 1 heteroatoms. The molecule has 0 fully saturated rings. The van der Waals surface area contributed by atoms with Crippen LogP contribution in [0.1, 0.15) is 22.6 Å². The molecule has 10 rings (SSSR count). The molecule has 0 radical (unpaired) electrons. The lowest BCUT2D eigenvalue weighted by Gasteiger charge is -2.17. The van der Waals surface area contributed by atoms with Crippen LogP contribution < -0.4 is 0 Å². The van der Waals surface area contributed by atoms with Crippen molar-refractivity contribution in [2.24, 2.45) is 0 Å². The lowest BCUT2D eigenvalue weighted by atomic mass is 9.89. The molecule has 1 heterocycles. The van der Waals surface area contributed by atoms with Crippen LogP contribution in [0.3, 0.4) is 0 Å². The van der Waals surface area contributed by atoms with Crippen molar-refractivity contribution in [3.8, 4) is 16.8 Å². The molecule has 204 valence electrons. The minimum atomic E-state index is 0.203. The van der Waals surface area contributed by atoms with Crippen LogP contribution in [0.5, 0.6) is 0 Å². The zero-order chi connectivity index (χ0) is 28.8.